The van der Waals surface area contributed by atoms with E-state index in [2.05, 4.69) is 10.6 Å². The van der Waals surface area contributed by atoms with Crippen LogP contribution in [0, 0.1) is 5.82 Å². The van der Waals surface area contributed by atoms with Crippen molar-refractivity contribution in [3.63, 3.8) is 0 Å². The van der Waals surface area contributed by atoms with Gasteiger partial charge in [0.15, 0.2) is 6.61 Å². The second kappa shape index (κ2) is 10.2. The molecule has 2 N–H and O–H groups in total. The molecular formula is C25H17ClFN3O5. The summed E-state index contributed by atoms with van der Waals surface area (Å²) in [4.78, 5) is 50.4. The maximum absolute atomic E-state index is 13.2. The topological polar surface area (TPSA) is 105 Å². The van der Waals surface area contributed by atoms with E-state index in [-0.39, 0.29) is 17.9 Å². The highest BCUT2D eigenvalue weighted by atomic mass is 35.5. The first-order valence-corrected chi connectivity index (χ1v) is 10.6. The van der Waals surface area contributed by atoms with Crippen LogP contribution in [0.25, 0.3) is 6.08 Å². The number of halogens is 2. The first-order valence-electron chi connectivity index (χ1n) is 10.3. The van der Waals surface area contributed by atoms with Gasteiger partial charge in [0.05, 0.1) is 16.4 Å². The summed E-state index contributed by atoms with van der Waals surface area (Å²) in [5, 5.41) is 5.12. The molecule has 8 nitrogen and oxygen atoms in total. The molecule has 0 saturated carbocycles. The smallest absolute Gasteiger partial charge is 0.335 e. The van der Waals surface area contributed by atoms with Gasteiger partial charge in [-0.25, -0.2) is 14.1 Å². The molecule has 3 aromatic carbocycles. The normalized spacial score (nSPS) is 14.6. The van der Waals surface area contributed by atoms with E-state index in [9.17, 15) is 23.6 Å². The molecule has 0 unspecified atom stereocenters. The second-order valence-electron chi connectivity index (χ2n) is 7.32. The van der Waals surface area contributed by atoms with Crippen molar-refractivity contribution in [3.8, 4) is 5.75 Å². The van der Waals surface area contributed by atoms with Crippen LogP contribution in [0.2, 0.25) is 5.02 Å². The van der Waals surface area contributed by atoms with Crippen LogP contribution >= 0.6 is 11.6 Å². The highest BCUT2D eigenvalue weighted by Crippen LogP contribution is 2.24. The highest BCUT2D eigenvalue weighted by molar-refractivity contribution is 6.39. The number of amides is 5. The lowest BCUT2D eigenvalue weighted by Crippen LogP contribution is -2.54. The minimum atomic E-state index is -0.939. The number of hydrogen-bond donors (Lipinski definition) is 2. The van der Waals surface area contributed by atoms with Crippen LogP contribution in [0.5, 0.6) is 5.75 Å². The van der Waals surface area contributed by atoms with E-state index >= 15 is 0 Å². The molecule has 3 aromatic rings. The third-order valence-electron chi connectivity index (χ3n) is 4.87. The van der Waals surface area contributed by atoms with Crippen molar-refractivity contribution in [3.05, 3.63) is 94.8 Å². The van der Waals surface area contributed by atoms with E-state index in [0.29, 0.717) is 22.0 Å². The van der Waals surface area contributed by atoms with Crippen LogP contribution < -0.4 is 20.3 Å². The number of hydrogen-bond acceptors (Lipinski definition) is 5. The molecular weight excluding hydrogens is 477 g/mol. The van der Waals surface area contributed by atoms with Crippen LogP contribution in [0.4, 0.5) is 20.6 Å². The van der Waals surface area contributed by atoms with Gasteiger partial charge in [-0.15, -0.1) is 0 Å². The van der Waals surface area contributed by atoms with Gasteiger partial charge in [-0.3, -0.25) is 19.7 Å². The number of ether oxygens (including phenoxy) is 1. The Balaban J connectivity index is 1.49. The second-order valence-corrected chi connectivity index (χ2v) is 7.73. The fourth-order valence-electron chi connectivity index (χ4n) is 3.24. The van der Waals surface area contributed by atoms with E-state index in [1.807, 2.05) is 0 Å². The fraction of sp³-hybridized carbons (Fsp3) is 0.0400. The van der Waals surface area contributed by atoms with Gasteiger partial charge in [0.1, 0.15) is 17.1 Å². The molecule has 5 amide bonds. The number of imide groups is 2. The summed E-state index contributed by atoms with van der Waals surface area (Å²) in [5.74, 6) is -2.40. The molecule has 0 aliphatic carbocycles. The molecule has 35 heavy (non-hydrogen) atoms. The van der Waals surface area contributed by atoms with E-state index in [1.54, 1.807) is 42.5 Å². The zero-order valence-corrected chi connectivity index (χ0v) is 18.7. The van der Waals surface area contributed by atoms with Gasteiger partial charge in [-0.05, 0) is 60.2 Å². The minimum Gasteiger partial charge on any atom is -0.484 e. The number of nitrogens with one attached hydrogen (secondary N) is 2. The zero-order valence-electron chi connectivity index (χ0n) is 18.0. The number of carbonyl (C=O) groups is 4. The maximum Gasteiger partial charge on any atom is 0.335 e. The highest BCUT2D eigenvalue weighted by Gasteiger charge is 2.36. The summed E-state index contributed by atoms with van der Waals surface area (Å²) >= 11 is 6.02. The molecule has 1 saturated heterocycles. The molecule has 176 valence electrons. The molecule has 1 aliphatic heterocycles. The average Bonchev–Trinajstić information content (AvgIpc) is 2.83. The first-order chi connectivity index (χ1) is 16.8. The summed E-state index contributed by atoms with van der Waals surface area (Å²) in [6.45, 7) is -0.308. The summed E-state index contributed by atoms with van der Waals surface area (Å²) in [7, 11) is 0. The summed E-state index contributed by atoms with van der Waals surface area (Å²) in [5.41, 5.74) is 0.667. The lowest BCUT2D eigenvalue weighted by molar-refractivity contribution is -0.122. The van der Waals surface area contributed by atoms with Gasteiger partial charge in [0, 0.05) is 0 Å². The Morgan fingerprint density at radius 2 is 1.77 bits per heavy atom. The molecule has 0 bridgehead atoms. The molecule has 1 aliphatic rings. The summed E-state index contributed by atoms with van der Waals surface area (Å²) in [6, 6.07) is 16.9. The third kappa shape index (κ3) is 5.53. The van der Waals surface area contributed by atoms with Crippen LogP contribution in [-0.2, 0) is 14.4 Å². The summed E-state index contributed by atoms with van der Waals surface area (Å²) < 4.78 is 18.8. The number of nitrogens with zero attached hydrogens (tertiary/aromatic N) is 1. The van der Waals surface area contributed by atoms with Crippen molar-refractivity contribution in [1.29, 1.82) is 0 Å². The zero-order chi connectivity index (χ0) is 24.9. The van der Waals surface area contributed by atoms with Gasteiger partial charge in [0.2, 0.25) is 0 Å². The van der Waals surface area contributed by atoms with E-state index in [4.69, 9.17) is 16.3 Å². The largest absolute Gasteiger partial charge is 0.484 e. The fourth-order valence-corrected chi connectivity index (χ4v) is 3.42. The molecule has 0 aromatic heterocycles. The van der Waals surface area contributed by atoms with Crippen LogP contribution in [-0.4, -0.2) is 30.4 Å². The summed E-state index contributed by atoms with van der Waals surface area (Å²) in [6.07, 6.45) is 1.29. The Bertz CT molecular complexity index is 1360. The Morgan fingerprint density at radius 3 is 2.51 bits per heavy atom. The lowest BCUT2D eigenvalue weighted by atomic mass is 10.1. The van der Waals surface area contributed by atoms with Crippen LogP contribution in [0.3, 0.4) is 0 Å². The standard InChI is InChI=1S/C25H17ClFN3O5/c26-20-6-1-2-7-21(20)28-22(31)14-35-18-5-3-4-15(12-18)13-19-23(32)29-25(34)30(24(19)33)17-10-8-16(27)9-11-17/h1-13H,14H2,(H,28,31)(H,29,32,34)/b19-13+. The third-order valence-corrected chi connectivity index (χ3v) is 5.20. The average molecular weight is 494 g/mol. The number of rotatable bonds is 6. The molecule has 0 radical (unpaired) electrons. The Kier molecular flexibility index (Phi) is 6.88. The Hall–Kier alpha value is -4.50. The molecule has 1 heterocycles. The van der Waals surface area contributed by atoms with Crippen molar-refractivity contribution in [2.45, 2.75) is 0 Å². The predicted octanol–water partition coefficient (Wildman–Crippen LogP) is 4.16. The number of anilines is 2. The molecule has 0 atom stereocenters. The number of barbiturate groups is 1. The van der Waals surface area contributed by atoms with Crippen LogP contribution in [0.1, 0.15) is 5.56 Å². The van der Waals surface area contributed by atoms with Gasteiger partial charge < -0.3 is 10.1 Å². The van der Waals surface area contributed by atoms with Crippen LogP contribution in [0.15, 0.2) is 78.4 Å². The first kappa shape index (κ1) is 23.7. The predicted molar refractivity (Wildman–Crippen MR) is 127 cm³/mol. The molecule has 10 heteroatoms. The number of urea groups is 1. The Morgan fingerprint density at radius 1 is 1.03 bits per heavy atom. The minimum absolute atomic E-state index is 0.105. The van der Waals surface area contributed by atoms with Crippen molar-refractivity contribution in [1.82, 2.24) is 5.32 Å². The van der Waals surface area contributed by atoms with Gasteiger partial charge in [-0.1, -0.05) is 35.9 Å². The monoisotopic (exact) mass is 493 g/mol. The van der Waals surface area contributed by atoms with E-state index < -0.39 is 29.6 Å². The van der Waals surface area contributed by atoms with Gasteiger partial charge in [-0.2, -0.15) is 0 Å². The quantitative estimate of drug-likeness (QED) is 0.396. The number of benzene rings is 3. The van der Waals surface area contributed by atoms with E-state index in [1.165, 1.54) is 24.3 Å². The van der Waals surface area contributed by atoms with Crippen molar-refractivity contribution in [2.75, 3.05) is 16.8 Å². The van der Waals surface area contributed by atoms with Gasteiger partial charge in [0.25, 0.3) is 17.7 Å². The maximum atomic E-state index is 13.2. The number of carbonyl (C=O) groups excluding carboxylic acids is 4. The lowest BCUT2D eigenvalue weighted by Gasteiger charge is -2.26. The van der Waals surface area contributed by atoms with Crippen molar-refractivity contribution >= 4 is 52.8 Å². The molecule has 0 spiro atoms. The van der Waals surface area contributed by atoms with Crippen molar-refractivity contribution in [2.24, 2.45) is 0 Å². The number of para-hydroxylation sites is 1. The Labute approximate surface area is 203 Å². The molecule has 4 rings (SSSR count). The molecule has 1 fully saturated rings. The van der Waals surface area contributed by atoms with Crippen molar-refractivity contribution < 1.29 is 28.3 Å². The SMILES string of the molecule is O=C(COc1cccc(/C=C2\C(=O)NC(=O)N(c3ccc(F)cc3)C2=O)c1)Nc1ccccc1Cl. The van der Waals surface area contributed by atoms with E-state index in [0.717, 1.165) is 17.0 Å². The van der Waals surface area contributed by atoms with Gasteiger partial charge >= 0.3 is 6.03 Å².